The van der Waals surface area contributed by atoms with Crippen LogP contribution >= 0.6 is 0 Å². The fourth-order valence-electron chi connectivity index (χ4n) is 4.19. The molecule has 0 radical (unpaired) electrons. The highest BCUT2D eigenvalue weighted by Crippen LogP contribution is 2.16. The lowest BCUT2D eigenvalue weighted by molar-refractivity contribution is -0.150. The van der Waals surface area contributed by atoms with Gasteiger partial charge in [0.1, 0.15) is 12.4 Å². The van der Waals surface area contributed by atoms with Crippen molar-refractivity contribution in [1.82, 2.24) is 0 Å². The van der Waals surface area contributed by atoms with Crippen molar-refractivity contribution in [1.29, 1.82) is 0 Å². The number of unbranched alkanes of at least 4 members (excludes halogenated alkanes) is 18. The van der Waals surface area contributed by atoms with Crippen molar-refractivity contribution < 1.29 is 14.3 Å². The fourth-order valence-corrected chi connectivity index (χ4v) is 4.19. The maximum atomic E-state index is 12.1. The van der Waals surface area contributed by atoms with E-state index in [1.165, 1.54) is 109 Å². The first-order valence-corrected chi connectivity index (χ1v) is 13.9. The second-order valence-electron chi connectivity index (χ2n) is 9.42. The molecule has 0 amide bonds. The van der Waals surface area contributed by atoms with Crippen molar-refractivity contribution >= 4 is 12.3 Å². The topological polar surface area (TPSA) is 43.4 Å². The number of esters is 1. The molecule has 0 aliphatic carbocycles. The Kier molecular flexibility index (Phi) is 24.7. The number of carbonyl (C=O) groups excluding carboxylic acids is 2. The maximum absolute atomic E-state index is 12.1. The summed E-state index contributed by atoms with van der Waals surface area (Å²) in [7, 11) is 0. The summed E-state index contributed by atoms with van der Waals surface area (Å²) in [4.78, 5) is 23.0. The van der Waals surface area contributed by atoms with Gasteiger partial charge in [0.2, 0.25) is 0 Å². The molecule has 0 saturated carbocycles. The molecule has 0 fully saturated rings. The summed E-state index contributed by atoms with van der Waals surface area (Å²) in [5.74, 6) is -0.113. The SMILES string of the molecule is CCCCCCCCCCCCCC(CC=O)OC(=O)CCCCCCCCCCC. The zero-order chi connectivity index (χ0) is 22.8. The third-order valence-electron chi connectivity index (χ3n) is 6.27. The van der Waals surface area contributed by atoms with Crippen LogP contribution in [0.3, 0.4) is 0 Å². The molecule has 0 aliphatic rings. The molecule has 3 nitrogen and oxygen atoms in total. The molecule has 0 heterocycles. The highest BCUT2D eigenvalue weighted by molar-refractivity contribution is 5.69. The molecular weight excluding hydrogens is 384 g/mol. The molecular formula is C28H54O3. The molecule has 0 rings (SSSR count). The zero-order valence-corrected chi connectivity index (χ0v) is 21.1. The third-order valence-corrected chi connectivity index (χ3v) is 6.27. The third kappa shape index (κ3) is 23.6. The largest absolute Gasteiger partial charge is 0.462 e. The molecule has 0 aromatic heterocycles. The van der Waals surface area contributed by atoms with Crippen LogP contribution < -0.4 is 0 Å². The van der Waals surface area contributed by atoms with E-state index in [4.69, 9.17) is 4.74 Å². The van der Waals surface area contributed by atoms with Crippen LogP contribution in [-0.2, 0) is 14.3 Å². The molecule has 0 N–H and O–H groups in total. The molecule has 0 aliphatic heterocycles. The Morgan fingerprint density at radius 1 is 0.613 bits per heavy atom. The number of rotatable bonds is 25. The van der Waals surface area contributed by atoms with Gasteiger partial charge in [-0.25, -0.2) is 0 Å². The number of hydrogen-bond donors (Lipinski definition) is 0. The van der Waals surface area contributed by atoms with E-state index in [9.17, 15) is 9.59 Å². The summed E-state index contributed by atoms with van der Waals surface area (Å²) in [6.07, 6.45) is 28.0. The molecule has 3 heteroatoms. The molecule has 1 unspecified atom stereocenters. The normalized spacial score (nSPS) is 12.1. The highest BCUT2D eigenvalue weighted by atomic mass is 16.5. The summed E-state index contributed by atoms with van der Waals surface area (Å²) in [5, 5.41) is 0. The van der Waals surface area contributed by atoms with Crippen LogP contribution in [-0.4, -0.2) is 18.4 Å². The molecule has 0 saturated heterocycles. The molecule has 0 aromatic carbocycles. The Morgan fingerprint density at radius 3 is 1.42 bits per heavy atom. The number of ether oxygens (including phenoxy) is 1. The summed E-state index contributed by atoms with van der Waals surface area (Å²) < 4.78 is 5.58. The van der Waals surface area contributed by atoms with Crippen LogP contribution in [0.5, 0.6) is 0 Å². The fraction of sp³-hybridized carbons (Fsp3) is 0.929. The molecule has 1 atom stereocenters. The van der Waals surface area contributed by atoms with Gasteiger partial charge in [-0.2, -0.15) is 0 Å². The van der Waals surface area contributed by atoms with E-state index in [0.29, 0.717) is 12.8 Å². The van der Waals surface area contributed by atoms with Crippen molar-refractivity contribution in [3.05, 3.63) is 0 Å². The number of carbonyl (C=O) groups is 2. The van der Waals surface area contributed by atoms with Gasteiger partial charge in [0.05, 0.1) is 0 Å². The van der Waals surface area contributed by atoms with Gasteiger partial charge in [0.25, 0.3) is 0 Å². The molecule has 184 valence electrons. The van der Waals surface area contributed by atoms with Crippen LogP contribution in [0.4, 0.5) is 0 Å². The summed E-state index contributed by atoms with van der Waals surface area (Å²) in [5.41, 5.74) is 0. The van der Waals surface area contributed by atoms with Crippen LogP contribution in [0.25, 0.3) is 0 Å². The zero-order valence-electron chi connectivity index (χ0n) is 21.1. The van der Waals surface area contributed by atoms with Crippen molar-refractivity contribution in [2.45, 2.75) is 168 Å². The average molecular weight is 439 g/mol. The van der Waals surface area contributed by atoms with E-state index in [1.807, 2.05) is 0 Å². The minimum Gasteiger partial charge on any atom is -0.462 e. The van der Waals surface area contributed by atoms with Crippen LogP contribution in [0, 0.1) is 0 Å². The Bertz CT molecular complexity index is 380. The Morgan fingerprint density at radius 2 is 1.00 bits per heavy atom. The van der Waals surface area contributed by atoms with Gasteiger partial charge in [0.15, 0.2) is 0 Å². The number of aldehydes is 1. The van der Waals surface area contributed by atoms with E-state index in [0.717, 1.165) is 32.0 Å². The lowest BCUT2D eigenvalue weighted by atomic mass is 10.0. The summed E-state index contributed by atoms with van der Waals surface area (Å²) >= 11 is 0. The van der Waals surface area contributed by atoms with E-state index < -0.39 is 0 Å². The predicted octanol–water partition coefficient (Wildman–Crippen LogP) is 9.11. The Hall–Kier alpha value is -0.860. The molecule has 31 heavy (non-hydrogen) atoms. The van der Waals surface area contributed by atoms with Gasteiger partial charge in [-0.15, -0.1) is 0 Å². The first-order valence-electron chi connectivity index (χ1n) is 13.9. The highest BCUT2D eigenvalue weighted by Gasteiger charge is 2.13. The van der Waals surface area contributed by atoms with Gasteiger partial charge in [-0.1, -0.05) is 129 Å². The minimum atomic E-state index is -0.206. The van der Waals surface area contributed by atoms with Gasteiger partial charge in [-0.05, 0) is 19.3 Å². The van der Waals surface area contributed by atoms with E-state index in [1.54, 1.807) is 0 Å². The minimum absolute atomic E-state index is 0.113. The Labute approximate surface area is 194 Å². The van der Waals surface area contributed by atoms with Crippen molar-refractivity contribution in [3.63, 3.8) is 0 Å². The van der Waals surface area contributed by atoms with Gasteiger partial charge < -0.3 is 9.53 Å². The first-order chi connectivity index (χ1) is 15.2. The van der Waals surface area contributed by atoms with Crippen molar-refractivity contribution in [2.24, 2.45) is 0 Å². The van der Waals surface area contributed by atoms with Gasteiger partial charge in [-0.3, -0.25) is 4.79 Å². The van der Waals surface area contributed by atoms with Crippen LogP contribution in [0.2, 0.25) is 0 Å². The number of hydrogen-bond acceptors (Lipinski definition) is 3. The summed E-state index contributed by atoms with van der Waals surface area (Å²) in [6, 6.07) is 0. The standard InChI is InChI=1S/C28H54O3/c1-3-5-7-9-11-13-14-16-17-19-21-23-27(25-26-29)31-28(30)24-22-20-18-15-12-10-8-6-4-2/h26-27H,3-25H2,1-2H3. The first kappa shape index (κ1) is 30.1. The monoisotopic (exact) mass is 438 g/mol. The second kappa shape index (κ2) is 25.4. The second-order valence-corrected chi connectivity index (χ2v) is 9.42. The van der Waals surface area contributed by atoms with Gasteiger partial charge in [0, 0.05) is 12.8 Å². The quantitative estimate of drug-likeness (QED) is 0.0810. The van der Waals surface area contributed by atoms with Crippen LogP contribution in [0.15, 0.2) is 0 Å². The summed E-state index contributed by atoms with van der Waals surface area (Å²) in [6.45, 7) is 4.51. The van der Waals surface area contributed by atoms with Gasteiger partial charge >= 0.3 is 5.97 Å². The van der Waals surface area contributed by atoms with Crippen LogP contribution in [0.1, 0.15) is 162 Å². The maximum Gasteiger partial charge on any atom is 0.306 e. The van der Waals surface area contributed by atoms with Crippen molar-refractivity contribution in [2.75, 3.05) is 0 Å². The molecule has 0 aromatic rings. The smallest absolute Gasteiger partial charge is 0.306 e. The predicted molar refractivity (Wildman–Crippen MR) is 133 cm³/mol. The van der Waals surface area contributed by atoms with Crippen molar-refractivity contribution in [3.8, 4) is 0 Å². The van der Waals surface area contributed by atoms with E-state index in [2.05, 4.69) is 13.8 Å². The Balaban J connectivity index is 3.59. The molecule has 0 bridgehead atoms. The van der Waals surface area contributed by atoms with E-state index in [-0.39, 0.29) is 12.1 Å². The van der Waals surface area contributed by atoms with E-state index >= 15 is 0 Å². The molecule has 0 spiro atoms. The lowest BCUT2D eigenvalue weighted by Crippen LogP contribution is -2.18. The average Bonchev–Trinajstić information content (AvgIpc) is 2.76. The lowest BCUT2D eigenvalue weighted by Gasteiger charge is -2.15.